The molecule has 4 heteroatoms. The first-order valence-electron chi connectivity index (χ1n) is 4.08. The molecule has 0 aliphatic heterocycles. The number of nitrogens with one attached hydrogen (secondary N) is 1. The fourth-order valence-corrected chi connectivity index (χ4v) is 0.943. The lowest BCUT2D eigenvalue weighted by Crippen LogP contribution is -2.14. The van der Waals surface area contributed by atoms with E-state index in [2.05, 4.69) is 0 Å². The van der Waals surface area contributed by atoms with Gasteiger partial charge in [0.15, 0.2) is 0 Å². The van der Waals surface area contributed by atoms with Gasteiger partial charge in [-0.05, 0) is 17.2 Å². The van der Waals surface area contributed by atoms with Crippen LogP contribution in [0.15, 0.2) is 30.3 Å². The highest BCUT2D eigenvalue weighted by Gasteiger charge is 1.92. The molecule has 0 bridgehead atoms. The summed E-state index contributed by atoms with van der Waals surface area (Å²) in [5, 5.41) is 17.0. The first-order valence-corrected chi connectivity index (χ1v) is 4.08. The molecule has 0 aliphatic rings. The van der Waals surface area contributed by atoms with Gasteiger partial charge in [0.05, 0.1) is 6.61 Å². The topological polar surface area (TPSA) is 69.6 Å². The minimum atomic E-state index is -0.573. The Labute approximate surface area is 81.5 Å². The van der Waals surface area contributed by atoms with E-state index in [0.717, 1.165) is 11.1 Å². The van der Waals surface area contributed by atoms with Crippen LogP contribution in [0.25, 0.3) is 6.08 Å². The molecule has 0 aliphatic carbocycles. The molecule has 0 saturated carbocycles. The maximum Gasteiger partial charge on any atom is 0.267 e. The van der Waals surface area contributed by atoms with Gasteiger partial charge in [0.25, 0.3) is 5.91 Å². The maximum absolute atomic E-state index is 10.6. The van der Waals surface area contributed by atoms with Crippen LogP contribution in [0.2, 0.25) is 0 Å². The summed E-state index contributed by atoms with van der Waals surface area (Å²) < 4.78 is 0. The molecule has 0 heterocycles. The predicted octanol–water partition coefficient (Wildman–Crippen LogP) is 0.698. The van der Waals surface area contributed by atoms with Gasteiger partial charge in [-0.15, -0.1) is 0 Å². The minimum Gasteiger partial charge on any atom is -0.392 e. The summed E-state index contributed by atoms with van der Waals surface area (Å²) in [7, 11) is 0. The second-order valence-electron chi connectivity index (χ2n) is 2.71. The van der Waals surface area contributed by atoms with E-state index in [1.807, 2.05) is 0 Å². The number of aliphatic hydroxyl groups excluding tert-OH is 1. The smallest absolute Gasteiger partial charge is 0.267 e. The molecule has 0 spiro atoms. The average Bonchev–Trinajstić information content (AvgIpc) is 2.26. The molecule has 0 atom stereocenters. The highest BCUT2D eigenvalue weighted by atomic mass is 16.5. The Balaban J connectivity index is 2.68. The Bertz CT molecular complexity index is 330. The zero-order valence-corrected chi connectivity index (χ0v) is 7.47. The van der Waals surface area contributed by atoms with Crippen LogP contribution in [0.4, 0.5) is 0 Å². The van der Waals surface area contributed by atoms with Crippen molar-refractivity contribution in [3.63, 3.8) is 0 Å². The molecule has 1 rings (SSSR count). The van der Waals surface area contributed by atoms with E-state index in [4.69, 9.17) is 10.3 Å². The molecule has 14 heavy (non-hydrogen) atoms. The van der Waals surface area contributed by atoms with Crippen molar-refractivity contribution in [3.8, 4) is 0 Å². The van der Waals surface area contributed by atoms with E-state index in [0.29, 0.717) is 0 Å². The maximum atomic E-state index is 10.6. The average molecular weight is 193 g/mol. The SMILES string of the molecule is O=C(/C=C/c1ccc(CO)cc1)NO. The molecule has 74 valence electrons. The number of hydrogen-bond donors (Lipinski definition) is 3. The van der Waals surface area contributed by atoms with Gasteiger partial charge in [0, 0.05) is 6.08 Å². The highest BCUT2D eigenvalue weighted by molar-refractivity contribution is 5.90. The van der Waals surface area contributed by atoms with Crippen molar-refractivity contribution in [2.45, 2.75) is 6.61 Å². The van der Waals surface area contributed by atoms with Crippen LogP contribution in [0.5, 0.6) is 0 Å². The third-order valence-electron chi connectivity index (χ3n) is 1.70. The molecule has 0 fully saturated rings. The number of carbonyl (C=O) groups excluding carboxylic acids is 1. The standard InChI is InChI=1S/C10H11NO3/c12-7-9-3-1-8(2-4-9)5-6-10(13)11-14/h1-6,12,14H,7H2,(H,11,13)/b6-5+. The number of carbonyl (C=O) groups is 1. The van der Waals surface area contributed by atoms with Crippen LogP contribution in [0, 0.1) is 0 Å². The summed E-state index contributed by atoms with van der Waals surface area (Å²) in [6, 6.07) is 7.06. The normalized spacial score (nSPS) is 10.4. The van der Waals surface area contributed by atoms with Crippen molar-refractivity contribution < 1.29 is 15.1 Å². The van der Waals surface area contributed by atoms with Gasteiger partial charge in [0.1, 0.15) is 0 Å². The monoisotopic (exact) mass is 193 g/mol. The number of rotatable bonds is 3. The van der Waals surface area contributed by atoms with Gasteiger partial charge in [0.2, 0.25) is 0 Å². The molecule has 0 saturated heterocycles. The fraction of sp³-hybridized carbons (Fsp3) is 0.100. The van der Waals surface area contributed by atoms with Crippen molar-refractivity contribution in [2.24, 2.45) is 0 Å². The minimum absolute atomic E-state index is 0.00111. The molecular formula is C10H11NO3. The first-order chi connectivity index (χ1) is 6.76. The predicted molar refractivity (Wildman–Crippen MR) is 51.3 cm³/mol. The summed E-state index contributed by atoms with van der Waals surface area (Å²) in [5.74, 6) is -0.573. The van der Waals surface area contributed by atoms with Crippen LogP contribution < -0.4 is 5.48 Å². The van der Waals surface area contributed by atoms with Crippen LogP contribution in [-0.2, 0) is 11.4 Å². The Morgan fingerprint density at radius 1 is 1.36 bits per heavy atom. The quantitative estimate of drug-likeness (QED) is 0.376. The fourth-order valence-electron chi connectivity index (χ4n) is 0.943. The number of aliphatic hydroxyl groups is 1. The van der Waals surface area contributed by atoms with Crippen LogP contribution in [0.1, 0.15) is 11.1 Å². The van der Waals surface area contributed by atoms with Crippen LogP contribution >= 0.6 is 0 Å². The lowest BCUT2D eigenvalue weighted by Gasteiger charge is -1.96. The number of hydrogen-bond acceptors (Lipinski definition) is 3. The molecule has 0 aromatic heterocycles. The Morgan fingerprint density at radius 2 is 2.00 bits per heavy atom. The van der Waals surface area contributed by atoms with Crippen molar-refractivity contribution in [3.05, 3.63) is 41.5 Å². The van der Waals surface area contributed by atoms with Crippen molar-refractivity contribution in [1.29, 1.82) is 0 Å². The molecule has 0 radical (unpaired) electrons. The largest absolute Gasteiger partial charge is 0.392 e. The van der Waals surface area contributed by atoms with E-state index in [9.17, 15) is 4.79 Å². The van der Waals surface area contributed by atoms with E-state index in [1.54, 1.807) is 30.3 Å². The zero-order chi connectivity index (χ0) is 10.4. The van der Waals surface area contributed by atoms with Crippen molar-refractivity contribution >= 4 is 12.0 Å². The lowest BCUT2D eigenvalue weighted by molar-refractivity contribution is -0.124. The van der Waals surface area contributed by atoms with E-state index >= 15 is 0 Å². The number of hydroxylamine groups is 1. The molecule has 1 aromatic carbocycles. The summed E-state index contributed by atoms with van der Waals surface area (Å²) in [6.45, 7) is 0.00111. The molecular weight excluding hydrogens is 182 g/mol. The third-order valence-corrected chi connectivity index (χ3v) is 1.70. The second kappa shape index (κ2) is 5.16. The first kappa shape index (κ1) is 10.4. The highest BCUT2D eigenvalue weighted by Crippen LogP contribution is 2.05. The third kappa shape index (κ3) is 3.01. The summed E-state index contributed by atoms with van der Waals surface area (Å²) in [5.41, 5.74) is 3.13. The molecule has 1 amide bonds. The summed E-state index contributed by atoms with van der Waals surface area (Å²) in [6.07, 6.45) is 2.78. The summed E-state index contributed by atoms with van der Waals surface area (Å²) >= 11 is 0. The zero-order valence-electron chi connectivity index (χ0n) is 7.47. The Hall–Kier alpha value is -1.65. The van der Waals surface area contributed by atoms with Gasteiger partial charge in [-0.3, -0.25) is 10.0 Å². The molecule has 0 unspecified atom stereocenters. The number of amides is 1. The van der Waals surface area contributed by atoms with Crippen LogP contribution in [-0.4, -0.2) is 16.2 Å². The second-order valence-corrected chi connectivity index (χ2v) is 2.71. The van der Waals surface area contributed by atoms with Gasteiger partial charge >= 0.3 is 0 Å². The number of benzene rings is 1. The molecule has 3 N–H and O–H groups in total. The Morgan fingerprint density at radius 3 is 2.50 bits per heavy atom. The van der Waals surface area contributed by atoms with Gasteiger partial charge in [-0.2, -0.15) is 0 Å². The van der Waals surface area contributed by atoms with Gasteiger partial charge in [-0.25, -0.2) is 5.48 Å². The van der Waals surface area contributed by atoms with E-state index in [-0.39, 0.29) is 6.61 Å². The van der Waals surface area contributed by atoms with E-state index in [1.165, 1.54) is 11.6 Å². The van der Waals surface area contributed by atoms with Gasteiger partial charge < -0.3 is 5.11 Å². The van der Waals surface area contributed by atoms with Crippen LogP contribution in [0.3, 0.4) is 0 Å². The Kier molecular flexibility index (Phi) is 3.84. The lowest BCUT2D eigenvalue weighted by atomic mass is 10.1. The van der Waals surface area contributed by atoms with E-state index < -0.39 is 5.91 Å². The van der Waals surface area contributed by atoms with Gasteiger partial charge in [-0.1, -0.05) is 24.3 Å². The molecule has 4 nitrogen and oxygen atoms in total. The molecule has 1 aromatic rings. The summed E-state index contributed by atoms with van der Waals surface area (Å²) in [4.78, 5) is 10.6. The van der Waals surface area contributed by atoms with Crippen molar-refractivity contribution in [1.82, 2.24) is 5.48 Å². The van der Waals surface area contributed by atoms with Crippen molar-refractivity contribution in [2.75, 3.05) is 0 Å².